The maximum absolute atomic E-state index is 12.3. The lowest BCUT2D eigenvalue weighted by molar-refractivity contribution is 0.102. The van der Waals surface area contributed by atoms with Gasteiger partial charge in [0.05, 0.1) is 22.3 Å². The first-order valence-corrected chi connectivity index (χ1v) is 8.85. The first kappa shape index (κ1) is 18.6. The zero-order chi connectivity index (χ0) is 17.4. The third-order valence-corrected chi connectivity index (χ3v) is 4.40. The Kier molecular flexibility index (Phi) is 7.41. The number of anilines is 1. The molecular formula is C19H21Cl2NO2. The van der Waals surface area contributed by atoms with E-state index in [4.69, 9.17) is 27.9 Å². The average Bonchev–Trinajstić information content (AvgIpc) is 2.59. The van der Waals surface area contributed by atoms with Crippen LogP contribution >= 0.6 is 23.2 Å². The first-order valence-electron chi connectivity index (χ1n) is 8.10. The standard InChI is InChI=1S/C19H21Cl2NO2/c1-2-3-4-5-13-24-15-11-9-14(10-12-15)19(23)22-17-8-6-7-16(20)18(17)21/h6-12H,2-5,13H2,1H3,(H,22,23). The quantitative estimate of drug-likeness (QED) is 0.565. The number of unbranched alkanes of at least 4 members (excludes halogenated alkanes) is 3. The third kappa shape index (κ3) is 5.43. The van der Waals surface area contributed by atoms with E-state index >= 15 is 0 Å². The van der Waals surface area contributed by atoms with Gasteiger partial charge in [0.2, 0.25) is 0 Å². The summed E-state index contributed by atoms with van der Waals surface area (Å²) in [4.78, 5) is 12.3. The van der Waals surface area contributed by atoms with Gasteiger partial charge in [-0.05, 0) is 42.8 Å². The molecule has 0 atom stereocenters. The molecule has 1 N–H and O–H groups in total. The Morgan fingerprint density at radius 1 is 1.04 bits per heavy atom. The Balaban J connectivity index is 1.90. The molecule has 0 saturated heterocycles. The minimum absolute atomic E-state index is 0.242. The summed E-state index contributed by atoms with van der Waals surface area (Å²) in [5, 5.41) is 3.49. The zero-order valence-corrected chi connectivity index (χ0v) is 15.2. The average molecular weight is 366 g/mol. The molecular weight excluding hydrogens is 345 g/mol. The van der Waals surface area contributed by atoms with Crippen molar-refractivity contribution in [1.82, 2.24) is 0 Å². The van der Waals surface area contributed by atoms with Gasteiger partial charge in [-0.1, -0.05) is 55.5 Å². The van der Waals surface area contributed by atoms with Crippen molar-refractivity contribution in [2.24, 2.45) is 0 Å². The SMILES string of the molecule is CCCCCCOc1ccc(C(=O)Nc2cccc(Cl)c2Cl)cc1. The fourth-order valence-corrected chi connectivity index (χ4v) is 2.56. The summed E-state index contributed by atoms with van der Waals surface area (Å²) >= 11 is 12.0. The van der Waals surface area contributed by atoms with Crippen LogP contribution in [-0.2, 0) is 0 Å². The number of rotatable bonds is 8. The molecule has 2 aromatic rings. The molecule has 0 heterocycles. The fraction of sp³-hybridized carbons (Fsp3) is 0.316. The van der Waals surface area contributed by atoms with E-state index in [1.807, 2.05) is 0 Å². The van der Waals surface area contributed by atoms with Crippen molar-refractivity contribution in [3.05, 3.63) is 58.1 Å². The molecule has 0 spiro atoms. The minimum atomic E-state index is -0.242. The molecule has 0 aromatic heterocycles. The number of benzene rings is 2. The van der Waals surface area contributed by atoms with Crippen molar-refractivity contribution in [1.29, 1.82) is 0 Å². The second kappa shape index (κ2) is 9.55. The van der Waals surface area contributed by atoms with Gasteiger partial charge in [-0.2, -0.15) is 0 Å². The number of halogens is 2. The molecule has 128 valence electrons. The van der Waals surface area contributed by atoms with Crippen molar-refractivity contribution in [3.8, 4) is 5.75 Å². The lowest BCUT2D eigenvalue weighted by atomic mass is 10.2. The maximum Gasteiger partial charge on any atom is 0.255 e. The minimum Gasteiger partial charge on any atom is -0.494 e. The highest BCUT2D eigenvalue weighted by Crippen LogP contribution is 2.29. The van der Waals surface area contributed by atoms with Gasteiger partial charge in [0.1, 0.15) is 5.75 Å². The van der Waals surface area contributed by atoms with Crippen molar-refractivity contribution in [3.63, 3.8) is 0 Å². The molecule has 1 amide bonds. The van der Waals surface area contributed by atoms with Crippen LogP contribution in [0.25, 0.3) is 0 Å². The third-order valence-electron chi connectivity index (χ3n) is 3.58. The summed E-state index contributed by atoms with van der Waals surface area (Å²) in [5.41, 5.74) is 1.02. The lowest BCUT2D eigenvalue weighted by Gasteiger charge is -2.09. The topological polar surface area (TPSA) is 38.3 Å². The van der Waals surface area contributed by atoms with Gasteiger partial charge in [-0.3, -0.25) is 4.79 Å². The van der Waals surface area contributed by atoms with E-state index in [-0.39, 0.29) is 5.91 Å². The Morgan fingerprint density at radius 2 is 1.79 bits per heavy atom. The predicted octanol–water partition coefficient (Wildman–Crippen LogP) is 6.20. The largest absolute Gasteiger partial charge is 0.494 e. The van der Waals surface area contributed by atoms with Gasteiger partial charge in [0.15, 0.2) is 0 Å². The van der Waals surface area contributed by atoms with E-state index < -0.39 is 0 Å². The molecule has 0 aliphatic carbocycles. The van der Waals surface area contributed by atoms with Gasteiger partial charge in [0.25, 0.3) is 5.91 Å². The van der Waals surface area contributed by atoms with Gasteiger partial charge < -0.3 is 10.1 Å². The van der Waals surface area contributed by atoms with E-state index in [1.54, 1.807) is 42.5 Å². The van der Waals surface area contributed by atoms with Gasteiger partial charge in [-0.15, -0.1) is 0 Å². The zero-order valence-electron chi connectivity index (χ0n) is 13.6. The second-order valence-electron chi connectivity index (χ2n) is 5.49. The Labute approximate surface area is 152 Å². The van der Waals surface area contributed by atoms with Crippen LogP contribution < -0.4 is 10.1 Å². The molecule has 0 aliphatic rings. The molecule has 2 aromatic carbocycles. The summed E-state index contributed by atoms with van der Waals surface area (Å²) in [7, 11) is 0. The van der Waals surface area contributed by atoms with E-state index in [9.17, 15) is 4.79 Å². The van der Waals surface area contributed by atoms with Crippen LogP contribution in [0.2, 0.25) is 10.0 Å². The molecule has 0 radical (unpaired) electrons. The highest BCUT2D eigenvalue weighted by molar-refractivity contribution is 6.44. The van der Waals surface area contributed by atoms with Gasteiger partial charge in [0, 0.05) is 5.56 Å². The number of hydrogen-bond donors (Lipinski definition) is 1. The van der Waals surface area contributed by atoms with Crippen molar-refractivity contribution < 1.29 is 9.53 Å². The lowest BCUT2D eigenvalue weighted by Crippen LogP contribution is -2.12. The van der Waals surface area contributed by atoms with E-state index in [0.717, 1.165) is 12.2 Å². The Morgan fingerprint density at radius 3 is 2.50 bits per heavy atom. The molecule has 2 rings (SSSR count). The van der Waals surface area contributed by atoms with Crippen LogP contribution in [0.15, 0.2) is 42.5 Å². The molecule has 0 bridgehead atoms. The number of hydrogen-bond acceptors (Lipinski definition) is 2. The van der Waals surface area contributed by atoms with Crippen LogP contribution in [0.3, 0.4) is 0 Å². The molecule has 0 unspecified atom stereocenters. The normalized spacial score (nSPS) is 10.5. The van der Waals surface area contributed by atoms with Gasteiger partial charge >= 0.3 is 0 Å². The van der Waals surface area contributed by atoms with Crippen molar-refractivity contribution >= 4 is 34.8 Å². The number of carbonyl (C=O) groups excluding carboxylic acids is 1. The molecule has 3 nitrogen and oxygen atoms in total. The molecule has 0 saturated carbocycles. The maximum atomic E-state index is 12.3. The molecule has 5 heteroatoms. The summed E-state index contributed by atoms with van der Waals surface area (Å²) in [5.74, 6) is 0.525. The van der Waals surface area contributed by atoms with Crippen LogP contribution in [0.5, 0.6) is 5.75 Å². The summed E-state index contributed by atoms with van der Waals surface area (Å²) in [6.07, 6.45) is 4.66. The van der Waals surface area contributed by atoms with Gasteiger partial charge in [-0.25, -0.2) is 0 Å². The van der Waals surface area contributed by atoms with E-state index in [2.05, 4.69) is 12.2 Å². The number of amides is 1. The number of nitrogens with one attached hydrogen (secondary N) is 1. The fourth-order valence-electron chi connectivity index (χ4n) is 2.22. The van der Waals surface area contributed by atoms with E-state index in [0.29, 0.717) is 27.9 Å². The summed E-state index contributed by atoms with van der Waals surface area (Å²) < 4.78 is 5.67. The second-order valence-corrected chi connectivity index (χ2v) is 6.27. The Bertz CT molecular complexity index is 672. The molecule has 0 fully saturated rings. The number of carbonyl (C=O) groups is 1. The molecule has 0 aliphatic heterocycles. The summed E-state index contributed by atoms with van der Waals surface area (Å²) in [6.45, 7) is 2.88. The highest BCUT2D eigenvalue weighted by Gasteiger charge is 2.10. The predicted molar refractivity (Wildman–Crippen MR) is 100 cm³/mol. The van der Waals surface area contributed by atoms with E-state index in [1.165, 1.54) is 19.3 Å². The molecule has 24 heavy (non-hydrogen) atoms. The first-order chi connectivity index (χ1) is 11.6. The number of ether oxygens (including phenoxy) is 1. The van der Waals surface area contributed by atoms with Crippen molar-refractivity contribution in [2.45, 2.75) is 32.6 Å². The van der Waals surface area contributed by atoms with Crippen LogP contribution in [0.1, 0.15) is 43.0 Å². The summed E-state index contributed by atoms with van der Waals surface area (Å²) in [6, 6.07) is 12.2. The van der Waals surface area contributed by atoms with Crippen LogP contribution in [0, 0.1) is 0 Å². The van der Waals surface area contributed by atoms with Crippen LogP contribution in [-0.4, -0.2) is 12.5 Å². The van der Waals surface area contributed by atoms with Crippen LogP contribution in [0.4, 0.5) is 5.69 Å². The van der Waals surface area contributed by atoms with Crippen molar-refractivity contribution in [2.75, 3.05) is 11.9 Å². The smallest absolute Gasteiger partial charge is 0.255 e. The Hall–Kier alpha value is -1.71. The monoisotopic (exact) mass is 365 g/mol. The highest BCUT2D eigenvalue weighted by atomic mass is 35.5.